The normalized spacial score (nSPS) is 18.4. The van der Waals surface area contributed by atoms with Gasteiger partial charge in [0.25, 0.3) is 0 Å². The van der Waals surface area contributed by atoms with Gasteiger partial charge >= 0.3 is 0 Å². The summed E-state index contributed by atoms with van der Waals surface area (Å²) in [6.45, 7) is 0. The SMILES string of the molecule is NC1(c2nc(-c3cc(F)cc(Br)c3)no2)CCCCCC1. The Bertz CT molecular complexity index is 615. The third-order valence-electron chi connectivity index (χ3n) is 3.97. The van der Waals surface area contributed by atoms with Gasteiger partial charge in [-0.15, -0.1) is 0 Å². The summed E-state index contributed by atoms with van der Waals surface area (Å²) in [4.78, 5) is 4.41. The molecule has 1 aromatic carbocycles. The van der Waals surface area contributed by atoms with E-state index in [4.69, 9.17) is 10.3 Å². The minimum atomic E-state index is -0.549. The highest BCUT2D eigenvalue weighted by Crippen LogP contribution is 2.34. The first-order valence-electron chi connectivity index (χ1n) is 7.16. The van der Waals surface area contributed by atoms with Gasteiger partial charge in [-0.1, -0.05) is 46.8 Å². The topological polar surface area (TPSA) is 64.9 Å². The van der Waals surface area contributed by atoms with E-state index in [0.717, 1.165) is 25.7 Å². The highest BCUT2D eigenvalue weighted by atomic mass is 79.9. The van der Waals surface area contributed by atoms with Crippen LogP contribution in [0.3, 0.4) is 0 Å². The van der Waals surface area contributed by atoms with Crippen molar-refractivity contribution < 1.29 is 8.91 Å². The van der Waals surface area contributed by atoms with Gasteiger partial charge in [0.05, 0.1) is 5.54 Å². The highest BCUT2D eigenvalue weighted by Gasteiger charge is 2.34. The van der Waals surface area contributed by atoms with E-state index in [1.165, 1.54) is 25.0 Å². The van der Waals surface area contributed by atoms with E-state index in [1.807, 2.05) is 0 Å². The molecule has 6 heteroatoms. The average Bonchev–Trinajstić information content (AvgIpc) is 2.83. The third kappa shape index (κ3) is 3.16. The van der Waals surface area contributed by atoms with Crippen LogP contribution >= 0.6 is 15.9 Å². The lowest BCUT2D eigenvalue weighted by atomic mass is 9.91. The number of aromatic nitrogens is 2. The standard InChI is InChI=1S/C15H17BrFN3O/c16-11-7-10(8-12(17)9-11)13-19-14(21-20-13)15(18)5-3-1-2-4-6-15/h7-9H,1-6,18H2. The molecule has 1 aliphatic carbocycles. The fourth-order valence-electron chi connectivity index (χ4n) is 2.80. The van der Waals surface area contributed by atoms with E-state index in [0.29, 0.717) is 21.8 Å². The van der Waals surface area contributed by atoms with Crippen LogP contribution in [0, 0.1) is 5.82 Å². The van der Waals surface area contributed by atoms with Gasteiger partial charge in [-0.2, -0.15) is 4.98 Å². The first kappa shape index (κ1) is 14.7. The molecule has 1 heterocycles. The predicted octanol–water partition coefficient (Wildman–Crippen LogP) is 4.15. The summed E-state index contributed by atoms with van der Waals surface area (Å²) in [6.07, 6.45) is 6.22. The lowest BCUT2D eigenvalue weighted by molar-refractivity contribution is 0.257. The van der Waals surface area contributed by atoms with E-state index >= 15 is 0 Å². The number of nitrogens with zero attached hydrogens (tertiary/aromatic N) is 2. The van der Waals surface area contributed by atoms with Crippen LogP contribution in [0.2, 0.25) is 0 Å². The molecule has 0 radical (unpaired) electrons. The van der Waals surface area contributed by atoms with Gasteiger partial charge in [-0.3, -0.25) is 0 Å². The number of halogens is 2. The Kier molecular flexibility index (Phi) is 4.08. The van der Waals surface area contributed by atoms with Gasteiger partial charge in [0.1, 0.15) is 5.82 Å². The smallest absolute Gasteiger partial charge is 0.247 e. The van der Waals surface area contributed by atoms with Gasteiger partial charge in [0.15, 0.2) is 0 Å². The zero-order valence-corrected chi connectivity index (χ0v) is 13.2. The molecular weight excluding hydrogens is 337 g/mol. The molecule has 0 saturated heterocycles. The maximum Gasteiger partial charge on any atom is 0.247 e. The summed E-state index contributed by atoms with van der Waals surface area (Å²) >= 11 is 3.26. The summed E-state index contributed by atoms with van der Waals surface area (Å²) in [5.41, 5.74) is 6.48. The van der Waals surface area contributed by atoms with Crippen molar-refractivity contribution in [1.29, 1.82) is 0 Å². The van der Waals surface area contributed by atoms with Gasteiger partial charge in [0.2, 0.25) is 11.7 Å². The van der Waals surface area contributed by atoms with Crippen LogP contribution in [0.4, 0.5) is 4.39 Å². The second kappa shape index (κ2) is 5.85. The van der Waals surface area contributed by atoms with E-state index in [1.54, 1.807) is 6.07 Å². The minimum Gasteiger partial charge on any atom is -0.337 e. The lowest BCUT2D eigenvalue weighted by Crippen LogP contribution is -2.36. The average molecular weight is 354 g/mol. The van der Waals surface area contributed by atoms with Crippen LogP contribution in [-0.4, -0.2) is 10.1 Å². The van der Waals surface area contributed by atoms with Crippen molar-refractivity contribution in [3.05, 3.63) is 34.4 Å². The second-order valence-corrected chi connectivity index (χ2v) is 6.57. The Labute approximate surface area is 131 Å². The summed E-state index contributed by atoms with van der Waals surface area (Å²) in [7, 11) is 0. The fraction of sp³-hybridized carbons (Fsp3) is 0.467. The van der Waals surface area contributed by atoms with Gasteiger partial charge < -0.3 is 10.3 Å². The van der Waals surface area contributed by atoms with Crippen molar-refractivity contribution in [3.63, 3.8) is 0 Å². The molecule has 112 valence electrons. The van der Waals surface area contributed by atoms with Crippen LogP contribution < -0.4 is 5.73 Å². The number of rotatable bonds is 2. The minimum absolute atomic E-state index is 0.345. The molecule has 1 aromatic heterocycles. The van der Waals surface area contributed by atoms with Crippen molar-refractivity contribution in [2.45, 2.75) is 44.1 Å². The number of hydrogen-bond acceptors (Lipinski definition) is 4. The van der Waals surface area contributed by atoms with E-state index < -0.39 is 5.54 Å². The van der Waals surface area contributed by atoms with E-state index in [9.17, 15) is 4.39 Å². The van der Waals surface area contributed by atoms with Crippen LogP contribution in [0.1, 0.15) is 44.4 Å². The molecule has 3 rings (SSSR count). The maximum absolute atomic E-state index is 13.5. The van der Waals surface area contributed by atoms with E-state index in [2.05, 4.69) is 26.1 Å². The molecule has 1 saturated carbocycles. The molecule has 0 spiro atoms. The molecule has 0 unspecified atom stereocenters. The number of nitrogens with two attached hydrogens (primary N) is 1. The summed E-state index contributed by atoms with van der Waals surface area (Å²) in [6, 6.07) is 4.53. The third-order valence-corrected chi connectivity index (χ3v) is 4.43. The van der Waals surface area contributed by atoms with Crippen molar-refractivity contribution in [2.24, 2.45) is 5.73 Å². The lowest BCUT2D eigenvalue weighted by Gasteiger charge is -2.22. The number of benzene rings is 1. The molecule has 21 heavy (non-hydrogen) atoms. The van der Waals surface area contributed by atoms with Crippen LogP contribution in [0.5, 0.6) is 0 Å². The largest absolute Gasteiger partial charge is 0.337 e. The van der Waals surface area contributed by atoms with E-state index in [-0.39, 0.29) is 5.82 Å². The Morgan fingerprint density at radius 3 is 2.52 bits per heavy atom. The summed E-state index contributed by atoms with van der Waals surface area (Å²) in [5.74, 6) is 0.488. The monoisotopic (exact) mass is 353 g/mol. The summed E-state index contributed by atoms with van der Waals surface area (Å²) in [5, 5.41) is 3.97. The predicted molar refractivity (Wildman–Crippen MR) is 81.0 cm³/mol. The van der Waals surface area contributed by atoms with Crippen LogP contribution in [0.25, 0.3) is 11.4 Å². The molecule has 0 amide bonds. The first-order valence-corrected chi connectivity index (χ1v) is 7.96. The Hall–Kier alpha value is -1.27. The van der Waals surface area contributed by atoms with Crippen molar-refractivity contribution in [1.82, 2.24) is 10.1 Å². The maximum atomic E-state index is 13.5. The van der Waals surface area contributed by atoms with Crippen molar-refractivity contribution >= 4 is 15.9 Å². The van der Waals surface area contributed by atoms with Gasteiger partial charge in [0, 0.05) is 10.0 Å². The molecule has 0 atom stereocenters. The quantitative estimate of drug-likeness (QED) is 0.823. The Balaban J connectivity index is 1.92. The highest BCUT2D eigenvalue weighted by molar-refractivity contribution is 9.10. The zero-order valence-electron chi connectivity index (χ0n) is 11.6. The Morgan fingerprint density at radius 1 is 1.14 bits per heavy atom. The van der Waals surface area contributed by atoms with Crippen molar-refractivity contribution in [3.8, 4) is 11.4 Å². The van der Waals surface area contributed by atoms with Crippen LogP contribution in [0.15, 0.2) is 27.2 Å². The molecule has 4 nitrogen and oxygen atoms in total. The zero-order chi connectivity index (χ0) is 14.9. The molecule has 0 bridgehead atoms. The second-order valence-electron chi connectivity index (χ2n) is 5.65. The van der Waals surface area contributed by atoms with Crippen molar-refractivity contribution in [2.75, 3.05) is 0 Å². The first-order chi connectivity index (χ1) is 10.1. The fourth-order valence-corrected chi connectivity index (χ4v) is 3.26. The van der Waals surface area contributed by atoms with Gasteiger partial charge in [-0.25, -0.2) is 4.39 Å². The molecule has 2 aromatic rings. The molecular formula is C15H17BrFN3O. The van der Waals surface area contributed by atoms with Crippen LogP contribution in [-0.2, 0) is 5.54 Å². The number of hydrogen-bond donors (Lipinski definition) is 1. The molecule has 1 fully saturated rings. The molecule has 0 aliphatic heterocycles. The molecule has 1 aliphatic rings. The summed E-state index contributed by atoms with van der Waals surface area (Å²) < 4.78 is 19.5. The molecule has 2 N–H and O–H groups in total. The van der Waals surface area contributed by atoms with Gasteiger partial charge in [-0.05, 0) is 31.0 Å². The Morgan fingerprint density at radius 2 is 1.86 bits per heavy atom.